The summed E-state index contributed by atoms with van der Waals surface area (Å²) in [5.41, 5.74) is -2.49. The number of halogens is 3. The molecule has 45 heavy (non-hydrogen) atoms. The van der Waals surface area contributed by atoms with E-state index in [9.17, 15) is 33.2 Å². The number of anilines is 1. The fourth-order valence-corrected chi connectivity index (χ4v) is 8.48. The van der Waals surface area contributed by atoms with Gasteiger partial charge in [0.15, 0.2) is 11.6 Å². The summed E-state index contributed by atoms with van der Waals surface area (Å²) in [5, 5.41) is 15.4. The van der Waals surface area contributed by atoms with Crippen LogP contribution in [0.25, 0.3) is 0 Å². The average Bonchev–Trinajstić information content (AvgIpc) is 3.43. The summed E-state index contributed by atoms with van der Waals surface area (Å²) in [6.45, 7) is 4.94. The quantitative estimate of drug-likeness (QED) is 0.521. The molecule has 0 radical (unpaired) electrons. The molecule has 7 rings (SSSR count). The highest BCUT2D eigenvalue weighted by Crippen LogP contribution is 2.59. The number of likely N-dealkylation sites (tertiary alicyclic amines) is 2. The summed E-state index contributed by atoms with van der Waals surface area (Å²) in [5.74, 6) is -8.04. The molecule has 2 N–H and O–H groups in total. The molecule has 1 spiro atoms. The minimum atomic E-state index is -3.13. The Morgan fingerprint density at radius 3 is 2.60 bits per heavy atom. The zero-order valence-corrected chi connectivity index (χ0v) is 25.1. The highest BCUT2D eigenvalue weighted by Gasteiger charge is 2.66. The minimum absolute atomic E-state index is 0.0379. The van der Waals surface area contributed by atoms with E-state index in [2.05, 4.69) is 21.7 Å². The fraction of sp³-hybridized carbons (Fsp3) is 0.677. The number of aromatic nitrogens is 1. The molecule has 1 aromatic rings. The van der Waals surface area contributed by atoms with Gasteiger partial charge in [-0.15, -0.1) is 0 Å². The van der Waals surface area contributed by atoms with E-state index in [1.807, 2.05) is 0 Å². The number of nitriles is 1. The van der Waals surface area contributed by atoms with Crippen LogP contribution in [-0.4, -0.2) is 87.3 Å². The van der Waals surface area contributed by atoms with Gasteiger partial charge < -0.3 is 25.2 Å². The van der Waals surface area contributed by atoms with E-state index in [1.54, 1.807) is 32.9 Å². The van der Waals surface area contributed by atoms with Crippen molar-refractivity contribution in [1.82, 2.24) is 20.1 Å². The number of carbonyl (C=O) groups excluding carboxylic acids is 4. The van der Waals surface area contributed by atoms with Crippen LogP contribution in [0.2, 0.25) is 0 Å². The minimum Gasteiger partial charge on any atom is -0.472 e. The molecule has 10 atom stereocenters. The van der Waals surface area contributed by atoms with Crippen molar-refractivity contribution in [3.05, 3.63) is 18.3 Å². The summed E-state index contributed by atoms with van der Waals surface area (Å²) in [4.78, 5) is 61.8. The summed E-state index contributed by atoms with van der Waals surface area (Å²) in [6, 6.07) is 1.88. The van der Waals surface area contributed by atoms with E-state index in [0.29, 0.717) is 18.6 Å². The number of rotatable bonds is 4. The Morgan fingerprint density at radius 2 is 1.93 bits per heavy atom. The maximum absolute atomic E-state index is 15.2. The number of hydrogen-bond donors (Lipinski definition) is 2. The van der Waals surface area contributed by atoms with Gasteiger partial charge in [0.2, 0.25) is 23.3 Å². The van der Waals surface area contributed by atoms with Gasteiger partial charge in [-0.05, 0) is 54.1 Å². The zero-order valence-electron chi connectivity index (χ0n) is 25.1. The number of pyridine rings is 1. The number of fused-ring (bicyclic) bond motifs is 6. The lowest BCUT2D eigenvalue weighted by Crippen LogP contribution is -2.60. The van der Waals surface area contributed by atoms with Gasteiger partial charge >= 0.3 is 0 Å². The molecule has 1 unspecified atom stereocenters. The first-order valence-electron chi connectivity index (χ1n) is 15.4. The molecule has 4 amide bonds. The first kappa shape index (κ1) is 29.8. The van der Waals surface area contributed by atoms with Gasteiger partial charge in [-0.3, -0.25) is 19.2 Å². The van der Waals surface area contributed by atoms with Crippen molar-refractivity contribution in [1.29, 1.82) is 5.26 Å². The lowest BCUT2D eigenvalue weighted by molar-refractivity contribution is -0.150. The third-order valence-corrected chi connectivity index (χ3v) is 10.8. The van der Waals surface area contributed by atoms with Gasteiger partial charge in [-0.1, -0.05) is 20.8 Å². The van der Waals surface area contributed by atoms with Crippen LogP contribution in [0.5, 0.6) is 5.75 Å². The Balaban J connectivity index is 1.21. The molecule has 240 valence electrons. The number of ether oxygens (including phenoxy) is 1. The van der Waals surface area contributed by atoms with E-state index in [1.165, 1.54) is 16.0 Å². The van der Waals surface area contributed by atoms with Crippen molar-refractivity contribution in [2.24, 2.45) is 35.0 Å². The van der Waals surface area contributed by atoms with Crippen LogP contribution in [0.4, 0.5) is 19.0 Å². The second-order valence-corrected chi connectivity index (χ2v) is 14.6. The molecule has 2 bridgehead atoms. The normalized spacial score (nSPS) is 37.8. The number of hydrogen-bond acceptors (Lipinski definition) is 7. The van der Waals surface area contributed by atoms with Crippen molar-refractivity contribution in [3.8, 4) is 11.8 Å². The Bertz CT molecular complexity index is 1530. The molecule has 6 aliphatic rings. The van der Waals surface area contributed by atoms with E-state index >= 15 is 4.39 Å². The van der Waals surface area contributed by atoms with Gasteiger partial charge in [0.05, 0.1) is 12.6 Å². The molecule has 14 heteroatoms. The van der Waals surface area contributed by atoms with E-state index in [0.717, 1.165) is 0 Å². The number of carbonyl (C=O) groups is 4. The number of nitrogens with zero attached hydrogens (tertiary/aromatic N) is 4. The number of amides is 4. The average molecular weight is 629 g/mol. The highest BCUT2D eigenvalue weighted by atomic mass is 19.3. The van der Waals surface area contributed by atoms with Crippen LogP contribution in [-0.2, 0) is 19.2 Å². The van der Waals surface area contributed by atoms with Crippen LogP contribution in [0.1, 0.15) is 46.5 Å². The molecule has 11 nitrogen and oxygen atoms in total. The maximum Gasteiger partial charge on any atom is 0.271 e. The van der Waals surface area contributed by atoms with Crippen molar-refractivity contribution in [2.45, 2.75) is 82.3 Å². The lowest BCUT2D eigenvalue weighted by Gasteiger charge is -2.39. The lowest BCUT2D eigenvalue weighted by atomic mass is 9.77. The topological polar surface area (TPSA) is 145 Å². The molecule has 2 saturated heterocycles. The third-order valence-electron chi connectivity index (χ3n) is 10.8. The van der Waals surface area contributed by atoms with Crippen molar-refractivity contribution in [3.63, 3.8) is 0 Å². The molecule has 3 aliphatic carbocycles. The second kappa shape index (κ2) is 9.80. The standard InChI is InChI=1S/C31H35F3N6O5/c1-29(2,3)23(37-25(41)18-10-31(18,33)34)27(43)39-12-17-14-7-16(19(32)8-14)21(17)22(39)26(42)40-13-30(9-15(40)11-35)28(44)38-24-20(45-30)5-4-6-36-24/h4-6,14-19,21-23H,7-10,12-13H2,1-3H3,(H,37,41)(H,36,38,44)/t14-,15-,16+,17?,18+,19+,21-,22-,23+,30+/m0/s1. The number of alkyl halides is 3. The summed E-state index contributed by atoms with van der Waals surface area (Å²) in [6.07, 6.45) is 0.535. The van der Waals surface area contributed by atoms with Crippen LogP contribution >= 0.6 is 0 Å². The van der Waals surface area contributed by atoms with Gasteiger partial charge in [-0.2, -0.15) is 5.26 Å². The molecule has 1 aromatic heterocycles. The molecule has 4 heterocycles. The zero-order chi connectivity index (χ0) is 32.2. The Kier molecular flexibility index (Phi) is 6.49. The van der Waals surface area contributed by atoms with Crippen molar-refractivity contribution >= 4 is 29.4 Å². The predicted molar refractivity (Wildman–Crippen MR) is 150 cm³/mol. The van der Waals surface area contributed by atoms with Crippen LogP contribution < -0.4 is 15.4 Å². The second-order valence-electron chi connectivity index (χ2n) is 14.6. The summed E-state index contributed by atoms with van der Waals surface area (Å²) in [7, 11) is 0. The third kappa shape index (κ3) is 4.55. The van der Waals surface area contributed by atoms with Gasteiger partial charge in [0.25, 0.3) is 11.8 Å². The summed E-state index contributed by atoms with van der Waals surface area (Å²) >= 11 is 0. The first-order chi connectivity index (χ1) is 21.1. The largest absolute Gasteiger partial charge is 0.472 e. The fourth-order valence-electron chi connectivity index (χ4n) is 8.48. The summed E-state index contributed by atoms with van der Waals surface area (Å²) < 4.78 is 48.8. The monoisotopic (exact) mass is 628 g/mol. The van der Waals surface area contributed by atoms with Crippen LogP contribution in [0.3, 0.4) is 0 Å². The molecule has 5 fully saturated rings. The van der Waals surface area contributed by atoms with Crippen LogP contribution in [0, 0.1) is 46.3 Å². The van der Waals surface area contributed by atoms with E-state index in [4.69, 9.17) is 4.74 Å². The van der Waals surface area contributed by atoms with E-state index < -0.39 is 89.0 Å². The van der Waals surface area contributed by atoms with Gasteiger partial charge in [0, 0.05) is 25.6 Å². The predicted octanol–water partition coefficient (Wildman–Crippen LogP) is 2.28. The molecule has 0 aromatic carbocycles. The smallest absolute Gasteiger partial charge is 0.271 e. The van der Waals surface area contributed by atoms with Gasteiger partial charge in [0.1, 0.15) is 30.2 Å². The molecular weight excluding hydrogens is 593 g/mol. The number of nitrogens with one attached hydrogen (secondary N) is 2. The molecule has 3 aliphatic heterocycles. The van der Waals surface area contributed by atoms with E-state index in [-0.39, 0.29) is 37.2 Å². The maximum atomic E-state index is 15.2. The first-order valence-corrected chi connectivity index (χ1v) is 15.4. The van der Waals surface area contributed by atoms with Gasteiger partial charge in [-0.25, -0.2) is 18.2 Å². The molecular formula is C31H35F3N6O5. The Hall–Kier alpha value is -3.89. The molecule has 3 saturated carbocycles. The SMILES string of the molecule is CC(C)(C)[C@H](NC(=O)[C@H]1CC1(F)F)C(=O)N1CC2[C@H]3C[C@@H]([C@@H]2[C@H]1C(=O)N1C[C@@]2(C[C@H]1C#N)Oc1cccnc1NC2=O)[C@H](F)C3. The Labute approximate surface area is 257 Å². The Morgan fingerprint density at radius 1 is 1.20 bits per heavy atom. The highest BCUT2D eigenvalue weighted by molar-refractivity contribution is 6.01. The van der Waals surface area contributed by atoms with Crippen molar-refractivity contribution in [2.75, 3.05) is 18.4 Å². The van der Waals surface area contributed by atoms with Crippen molar-refractivity contribution < 1.29 is 37.1 Å². The van der Waals surface area contributed by atoms with Crippen LogP contribution in [0.15, 0.2) is 18.3 Å².